The Morgan fingerprint density at radius 1 is 1.22 bits per heavy atom. The number of rotatable bonds is 7. The summed E-state index contributed by atoms with van der Waals surface area (Å²) in [6, 6.07) is 12.8. The first-order chi connectivity index (χ1) is 11.0. The summed E-state index contributed by atoms with van der Waals surface area (Å²) in [4.78, 5) is 12.5. The molecule has 0 aliphatic rings. The maximum atomic E-state index is 13.0. The fraction of sp³-hybridized carbons (Fsp3) is 0.235. The van der Waals surface area contributed by atoms with Crippen molar-refractivity contribution in [1.29, 1.82) is 0 Å². The summed E-state index contributed by atoms with van der Waals surface area (Å²) in [5.74, 6) is -0.0520. The van der Waals surface area contributed by atoms with Gasteiger partial charge >= 0.3 is 0 Å². The molecule has 0 saturated heterocycles. The first kappa shape index (κ1) is 17.1. The number of amides is 1. The Kier molecular flexibility index (Phi) is 6.29. The smallest absolute Gasteiger partial charge is 0.224 e. The van der Waals surface area contributed by atoms with Crippen LogP contribution in [-0.2, 0) is 15.6 Å². The first-order valence-corrected chi connectivity index (χ1v) is 8.72. The second-order valence-corrected chi connectivity index (χ2v) is 6.32. The SMILES string of the molecule is C[S@](=O)c1cccc(NC(=O)CCCOc2cccc(F)c2)c1. The van der Waals surface area contributed by atoms with Crippen LogP contribution in [0.1, 0.15) is 12.8 Å². The molecule has 1 amide bonds. The van der Waals surface area contributed by atoms with E-state index in [-0.39, 0.29) is 18.1 Å². The van der Waals surface area contributed by atoms with Crippen LogP contribution in [0.2, 0.25) is 0 Å². The van der Waals surface area contributed by atoms with Crippen molar-refractivity contribution in [3.05, 3.63) is 54.3 Å². The van der Waals surface area contributed by atoms with E-state index in [1.165, 1.54) is 12.1 Å². The number of benzene rings is 2. The molecule has 1 N–H and O–H groups in total. The number of carbonyl (C=O) groups excluding carboxylic acids is 1. The fourth-order valence-corrected chi connectivity index (χ4v) is 2.52. The number of nitrogens with one attached hydrogen (secondary N) is 1. The number of halogens is 1. The Hall–Kier alpha value is -2.21. The predicted molar refractivity (Wildman–Crippen MR) is 88.5 cm³/mol. The minimum atomic E-state index is -1.09. The van der Waals surface area contributed by atoms with Crippen molar-refractivity contribution < 1.29 is 18.1 Å². The summed E-state index contributed by atoms with van der Waals surface area (Å²) >= 11 is 0. The van der Waals surface area contributed by atoms with Crippen molar-refractivity contribution in [1.82, 2.24) is 0 Å². The second-order valence-electron chi connectivity index (χ2n) is 4.94. The number of anilines is 1. The van der Waals surface area contributed by atoms with Gasteiger partial charge in [-0.05, 0) is 36.8 Å². The molecule has 0 heterocycles. The molecule has 0 aliphatic heterocycles. The lowest BCUT2D eigenvalue weighted by Gasteiger charge is -2.08. The van der Waals surface area contributed by atoms with Crippen molar-refractivity contribution in [2.24, 2.45) is 0 Å². The molecule has 122 valence electrons. The van der Waals surface area contributed by atoms with Gasteiger partial charge in [-0.25, -0.2) is 4.39 Å². The maximum absolute atomic E-state index is 13.0. The minimum absolute atomic E-state index is 0.146. The highest BCUT2D eigenvalue weighted by molar-refractivity contribution is 7.84. The molecule has 0 fully saturated rings. The topological polar surface area (TPSA) is 55.4 Å². The summed E-state index contributed by atoms with van der Waals surface area (Å²) in [6.07, 6.45) is 2.39. The van der Waals surface area contributed by atoms with Crippen molar-refractivity contribution in [3.8, 4) is 5.75 Å². The third kappa shape index (κ3) is 5.83. The van der Waals surface area contributed by atoms with Crippen molar-refractivity contribution in [2.45, 2.75) is 17.7 Å². The van der Waals surface area contributed by atoms with Crippen molar-refractivity contribution in [3.63, 3.8) is 0 Å². The standard InChI is InChI=1S/C17H18FNO3S/c1-23(21)16-8-3-6-14(12-16)19-17(20)9-4-10-22-15-7-2-5-13(18)11-15/h2-3,5-8,11-12H,4,9-10H2,1H3,(H,19,20)/t23-/m0/s1. The highest BCUT2D eigenvalue weighted by Gasteiger charge is 2.05. The monoisotopic (exact) mass is 335 g/mol. The lowest BCUT2D eigenvalue weighted by molar-refractivity contribution is -0.116. The third-order valence-electron chi connectivity index (χ3n) is 3.06. The van der Waals surface area contributed by atoms with E-state index < -0.39 is 10.8 Å². The van der Waals surface area contributed by atoms with Gasteiger partial charge in [-0.15, -0.1) is 0 Å². The molecule has 0 spiro atoms. The van der Waals surface area contributed by atoms with E-state index in [4.69, 9.17) is 4.74 Å². The first-order valence-electron chi connectivity index (χ1n) is 7.16. The largest absolute Gasteiger partial charge is 0.493 e. The molecule has 0 radical (unpaired) electrons. The van der Waals surface area contributed by atoms with Gasteiger partial charge in [0.25, 0.3) is 0 Å². The van der Waals surface area contributed by atoms with Gasteiger partial charge in [0.1, 0.15) is 11.6 Å². The molecule has 6 heteroatoms. The molecule has 4 nitrogen and oxygen atoms in total. The highest BCUT2D eigenvalue weighted by Crippen LogP contribution is 2.14. The van der Waals surface area contributed by atoms with Gasteiger partial charge in [0, 0.05) is 40.1 Å². The van der Waals surface area contributed by atoms with Crippen LogP contribution < -0.4 is 10.1 Å². The molecule has 1 atom stereocenters. The van der Waals surface area contributed by atoms with Crippen LogP contribution in [0.15, 0.2) is 53.4 Å². The summed E-state index contributed by atoms with van der Waals surface area (Å²) in [6.45, 7) is 0.329. The van der Waals surface area contributed by atoms with Gasteiger partial charge in [-0.1, -0.05) is 12.1 Å². The number of ether oxygens (including phenoxy) is 1. The second kappa shape index (κ2) is 8.43. The van der Waals surface area contributed by atoms with E-state index >= 15 is 0 Å². The predicted octanol–water partition coefficient (Wildman–Crippen LogP) is 3.36. The molecular formula is C17H18FNO3S. The van der Waals surface area contributed by atoms with Crippen LogP contribution in [0, 0.1) is 5.82 Å². The van der Waals surface area contributed by atoms with E-state index in [9.17, 15) is 13.4 Å². The molecule has 0 aliphatic carbocycles. The zero-order valence-electron chi connectivity index (χ0n) is 12.8. The van der Waals surface area contributed by atoms with Crippen LogP contribution in [-0.4, -0.2) is 23.0 Å². The minimum Gasteiger partial charge on any atom is -0.493 e. The van der Waals surface area contributed by atoms with Crippen LogP contribution in [0.25, 0.3) is 0 Å². The Labute approximate surface area is 137 Å². The average Bonchev–Trinajstić information content (AvgIpc) is 2.52. The highest BCUT2D eigenvalue weighted by atomic mass is 32.2. The van der Waals surface area contributed by atoms with Crippen LogP contribution >= 0.6 is 0 Å². The van der Waals surface area contributed by atoms with E-state index in [1.54, 1.807) is 42.7 Å². The zero-order chi connectivity index (χ0) is 16.7. The molecular weight excluding hydrogens is 317 g/mol. The number of hydrogen-bond acceptors (Lipinski definition) is 3. The molecule has 2 aromatic rings. The summed E-state index contributed by atoms with van der Waals surface area (Å²) in [5, 5.41) is 2.76. The Balaban J connectivity index is 1.75. The van der Waals surface area contributed by atoms with Gasteiger partial charge in [0.05, 0.1) is 6.61 Å². The lowest BCUT2D eigenvalue weighted by Crippen LogP contribution is -2.13. The summed E-state index contributed by atoms with van der Waals surface area (Å²) in [7, 11) is -1.09. The normalized spacial score (nSPS) is 11.7. The zero-order valence-corrected chi connectivity index (χ0v) is 13.6. The third-order valence-corrected chi connectivity index (χ3v) is 3.98. The van der Waals surface area contributed by atoms with Gasteiger partial charge in [0.2, 0.25) is 5.91 Å². The Morgan fingerprint density at radius 3 is 2.74 bits per heavy atom. The van der Waals surface area contributed by atoms with Crippen LogP contribution in [0.5, 0.6) is 5.75 Å². The van der Waals surface area contributed by atoms with Crippen molar-refractivity contribution >= 4 is 22.4 Å². The van der Waals surface area contributed by atoms with Gasteiger partial charge < -0.3 is 10.1 Å². The van der Waals surface area contributed by atoms with Gasteiger partial charge in [0.15, 0.2) is 0 Å². The Bertz CT molecular complexity index is 706. The fourth-order valence-electron chi connectivity index (χ4n) is 1.96. The molecule has 2 rings (SSSR count). The molecule has 23 heavy (non-hydrogen) atoms. The average molecular weight is 335 g/mol. The molecule has 0 saturated carbocycles. The summed E-state index contributed by atoms with van der Waals surface area (Å²) in [5.41, 5.74) is 0.619. The summed E-state index contributed by atoms with van der Waals surface area (Å²) < 4.78 is 29.8. The Morgan fingerprint density at radius 2 is 2.00 bits per heavy atom. The molecule has 0 unspecified atom stereocenters. The van der Waals surface area contributed by atoms with E-state index in [1.807, 2.05) is 0 Å². The van der Waals surface area contributed by atoms with Gasteiger partial charge in [-0.2, -0.15) is 0 Å². The van der Waals surface area contributed by atoms with E-state index in [0.717, 1.165) is 0 Å². The maximum Gasteiger partial charge on any atom is 0.224 e. The lowest BCUT2D eigenvalue weighted by atomic mass is 10.2. The number of hydrogen-bond donors (Lipinski definition) is 1. The molecule has 0 bridgehead atoms. The van der Waals surface area contributed by atoms with Gasteiger partial charge in [-0.3, -0.25) is 9.00 Å². The molecule has 2 aromatic carbocycles. The van der Waals surface area contributed by atoms with Crippen LogP contribution in [0.4, 0.5) is 10.1 Å². The van der Waals surface area contributed by atoms with Crippen molar-refractivity contribution in [2.75, 3.05) is 18.2 Å². The van der Waals surface area contributed by atoms with E-state index in [0.29, 0.717) is 29.4 Å². The van der Waals surface area contributed by atoms with Crippen LogP contribution in [0.3, 0.4) is 0 Å². The molecule has 0 aromatic heterocycles. The number of carbonyl (C=O) groups is 1. The van der Waals surface area contributed by atoms with E-state index in [2.05, 4.69) is 5.32 Å². The quantitative estimate of drug-likeness (QED) is 0.790.